The van der Waals surface area contributed by atoms with Crippen LogP contribution in [0.5, 0.6) is 0 Å². The molecule has 0 aliphatic carbocycles. The largest absolute Gasteiger partial charge is 0.293 e. The van der Waals surface area contributed by atoms with Crippen molar-refractivity contribution < 1.29 is 4.79 Å². The number of aromatic amines is 1. The van der Waals surface area contributed by atoms with Crippen LogP contribution < -0.4 is 0 Å². The minimum atomic E-state index is 0.125. The summed E-state index contributed by atoms with van der Waals surface area (Å²) in [6.07, 6.45) is 1.46. The Balaban J connectivity index is 1.81. The van der Waals surface area contributed by atoms with Crippen LogP contribution in [0.2, 0.25) is 0 Å². The van der Waals surface area contributed by atoms with Crippen molar-refractivity contribution in [1.29, 1.82) is 0 Å². The lowest BCUT2D eigenvalue weighted by Gasteiger charge is -2.07. The number of carbonyl (C=O) groups excluding carboxylic acids is 1. The van der Waals surface area contributed by atoms with E-state index in [1.807, 2.05) is 24.5 Å². The third kappa shape index (κ3) is 3.14. The van der Waals surface area contributed by atoms with Crippen LogP contribution in [-0.2, 0) is 0 Å². The van der Waals surface area contributed by atoms with Crippen molar-refractivity contribution in [1.82, 2.24) is 19.7 Å². The van der Waals surface area contributed by atoms with Crippen LogP contribution in [0.25, 0.3) is 5.95 Å². The van der Waals surface area contributed by atoms with Crippen LogP contribution in [0, 0.1) is 27.7 Å². The Kier molecular flexibility index (Phi) is 4.57. The molecule has 1 aromatic carbocycles. The molecule has 0 saturated heterocycles. The monoisotopic (exact) mass is 340 g/mol. The molecule has 0 aliphatic heterocycles. The van der Waals surface area contributed by atoms with Gasteiger partial charge in [0, 0.05) is 21.8 Å². The number of thioether (sulfide) groups is 1. The molecule has 0 amide bonds. The van der Waals surface area contributed by atoms with Gasteiger partial charge in [-0.2, -0.15) is 10.1 Å². The molecule has 0 unspecified atom stereocenters. The van der Waals surface area contributed by atoms with E-state index in [1.54, 1.807) is 11.8 Å². The summed E-state index contributed by atoms with van der Waals surface area (Å²) in [6.45, 7) is 8.04. The van der Waals surface area contributed by atoms with Crippen LogP contribution in [-0.4, -0.2) is 31.3 Å². The number of nitrogens with one attached hydrogen (secondary N) is 1. The average molecular weight is 340 g/mol. The third-order valence-electron chi connectivity index (χ3n) is 4.05. The second kappa shape index (κ2) is 6.65. The Morgan fingerprint density at radius 1 is 1.21 bits per heavy atom. The lowest BCUT2D eigenvalue weighted by atomic mass is 10.2. The Hall–Kier alpha value is -2.34. The van der Waals surface area contributed by atoms with Crippen molar-refractivity contribution in [3.63, 3.8) is 0 Å². The molecule has 0 bridgehead atoms. The van der Waals surface area contributed by atoms with E-state index in [0.29, 0.717) is 11.7 Å². The number of aromatic nitrogens is 4. The number of ketones is 1. The van der Waals surface area contributed by atoms with E-state index in [4.69, 9.17) is 0 Å². The topological polar surface area (TPSA) is 63.6 Å². The highest BCUT2D eigenvalue weighted by Gasteiger charge is 2.18. The maximum Gasteiger partial charge on any atom is 0.229 e. The van der Waals surface area contributed by atoms with Gasteiger partial charge < -0.3 is 0 Å². The zero-order valence-electron chi connectivity index (χ0n) is 14.3. The van der Waals surface area contributed by atoms with Crippen LogP contribution in [0.4, 0.5) is 0 Å². The molecule has 3 rings (SSSR count). The SMILES string of the molecule is Cc1ccc(C)c(SCC(=O)c2cc(C)n(-c3ncn[nH]3)c2C)c1. The number of rotatable bonds is 5. The number of benzene rings is 1. The molecule has 2 aromatic heterocycles. The van der Waals surface area contributed by atoms with E-state index in [-0.39, 0.29) is 5.78 Å². The maximum atomic E-state index is 12.7. The number of Topliss-reactive ketones (excluding diaryl/α,β-unsaturated/α-hetero) is 1. The molecule has 6 heteroatoms. The Morgan fingerprint density at radius 2 is 2.00 bits per heavy atom. The number of aryl methyl sites for hydroxylation is 3. The number of nitrogens with zero attached hydrogens (tertiary/aromatic N) is 3. The fourth-order valence-corrected chi connectivity index (χ4v) is 3.77. The van der Waals surface area contributed by atoms with Gasteiger partial charge in [0.15, 0.2) is 5.78 Å². The summed E-state index contributed by atoms with van der Waals surface area (Å²) >= 11 is 1.59. The van der Waals surface area contributed by atoms with E-state index in [2.05, 4.69) is 47.2 Å². The molecule has 2 heterocycles. The fraction of sp³-hybridized carbons (Fsp3) is 0.278. The molecular weight excluding hydrogens is 320 g/mol. The molecule has 0 spiro atoms. The number of hydrogen-bond donors (Lipinski definition) is 1. The Bertz CT molecular complexity index is 881. The second-order valence-corrected chi connectivity index (χ2v) is 6.93. The van der Waals surface area contributed by atoms with Crippen LogP contribution in [0.3, 0.4) is 0 Å². The highest BCUT2D eigenvalue weighted by atomic mass is 32.2. The van der Waals surface area contributed by atoms with Crippen molar-refractivity contribution in [3.05, 3.63) is 58.7 Å². The first-order valence-electron chi connectivity index (χ1n) is 7.75. The van der Waals surface area contributed by atoms with Crippen LogP contribution >= 0.6 is 11.8 Å². The van der Waals surface area contributed by atoms with E-state index < -0.39 is 0 Å². The number of carbonyl (C=O) groups is 1. The lowest BCUT2D eigenvalue weighted by molar-refractivity contribution is 0.102. The summed E-state index contributed by atoms with van der Waals surface area (Å²) in [5.41, 5.74) is 4.99. The first kappa shape index (κ1) is 16.5. The molecule has 124 valence electrons. The molecule has 1 N–H and O–H groups in total. The first-order valence-corrected chi connectivity index (χ1v) is 8.74. The summed E-state index contributed by atoms with van der Waals surface area (Å²) in [6, 6.07) is 8.24. The quantitative estimate of drug-likeness (QED) is 0.567. The maximum absolute atomic E-state index is 12.7. The van der Waals surface area contributed by atoms with Gasteiger partial charge in [-0.3, -0.25) is 9.36 Å². The minimum Gasteiger partial charge on any atom is -0.293 e. The van der Waals surface area contributed by atoms with E-state index in [1.165, 1.54) is 17.5 Å². The van der Waals surface area contributed by atoms with E-state index in [0.717, 1.165) is 21.8 Å². The highest BCUT2D eigenvalue weighted by molar-refractivity contribution is 8.00. The molecule has 3 aromatic rings. The fourth-order valence-electron chi connectivity index (χ4n) is 2.76. The average Bonchev–Trinajstić information content (AvgIpc) is 3.16. The zero-order valence-corrected chi connectivity index (χ0v) is 15.1. The van der Waals surface area contributed by atoms with Gasteiger partial charge in [0.2, 0.25) is 5.95 Å². The molecule has 0 saturated carbocycles. The second-order valence-electron chi connectivity index (χ2n) is 5.91. The first-order chi connectivity index (χ1) is 11.5. The molecular formula is C18H20N4OS. The molecule has 5 nitrogen and oxygen atoms in total. The lowest BCUT2D eigenvalue weighted by Crippen LogP contribution is -2.06. The molecule has 0 atom stereocenters. The van der Waals surface area contributed by atoms with Gasteiger partial charge in [0.05, 0.1) is 5.75 Å². The van der Waals surface area contributed by atoms with Crippen molar-refractivity contribution in [2.24, 2.45) is 0 Å². The van der Waals surface area contributed by atoms with Gasteiger partial charge in [0.1, 0.15) is 6.33 Å². The van der Waals surface area contributed by atoms with Crippen molar-refractivity contribution >= 4 is 17.5 Å². The van der Waals surface area contributed by atoms with Gasteiger partial charge in [-0.15, -0.1) is 11.8 Å². The molecule has 24 heavy (non-hydrogen) atoms. The van der Waals surface area contributed by atoms with Gasteiger partial charge in [-0.25, -0.2) is 5.10 Å². The normalized spacial score (nSPS) is 11.0. The summed E-state index contributed by atoms with van der Waals surface area (Å²) in [4.78, 5) is 18.0. The van der Waals surface area contributed by atoms with Gasteiger partial charge in [-0.05, 0) is 45.4 Å². The van der Waals surface area contributed by atoms with Gasteiger partial charge in [0.25, 0.3) is 0 Å². The summed E-state index contributed by atoms with van der Waals surface area (Å²) in [5.74, 6) is 1.18. The van der Waals surface area contributed by atoms with Gasteiger partial charge >= 0.3 is 0 Å². The van der Waals surface area contributed by atoms with E-state index in [9.17, 15) is 4.79 Å². The van der Waals surface area contributed by atoms with Crippen molar-refractivity contribution in [2.45, 2.75) is 32.6 Å². The number of H-pyrrole nitrogens is 1. The molecule has 0 fully saturated rings. The van der Waals surface area contributed by atoms with Gasteiger partial charge in [-0.1, -0.05) is 17.7 Å². The molecule has 0 aliphatic rings. The predicted molar refractivity (Wildman–Crippen MR) is 96.2 cm³/mol. The molecule has 0 radical (unpaired) electrons. The number of hydrogen-bond acceptors (Lipinski definition) is 4. The Labute approximate surface area is 145 Å². The minimum absolute atomic E-state index is 0.125. The van der Waals surface area contributed by atoms with Crippen LogP contribution in [0.1, 0.15) is 32.9 Å². The van der Waals surface area contributed by atoms with Crippen LogP contribution in [0.15, 0.2) is 35.5 Å². The smallest absolute Gasteiger partial charge is 0.229 e. The van der Waals surface area contributed by atoms with Crippen molar-refractivity contribution in [3.8, 4) is 5.95 Å². The Morgan fingerprint density at radius 3 is 2.71 bits per heavy atom. The van der Waals surface area contributed by atoms with E-state index >= 15 is 0 Å². The third-order valence-corrected chi connectivity index (χ3v) is 5.21. The summed E-state index contributed by atoms with van der Waals surface area (Å²) in [7, 11) is 0. The predicted octanol–water partition coefficient (Wildman–Crippen LogP) is 3.80. The summed E-state index contributed by atoms with van der Waals surface area (Å²) in [5, 5.41) is 6.73. The highest BCUT2D eigenvalue weighted by Crippen LogP contribution is 2.26. The van der Waals surface area contributed by atoms with Crippen molar-refractivity contribution in [2.75, 3.05) is 5.75 Å². The summed E-state index contributed by atoms with van der Waals surface area (Å²) < 4.78 is 1.92. The zero-order chi connectivity index (χ0) is 17.3. The standard InChI is InChI=1S/C18H20N4OS/c1-11-5-6-12(2)17(7-11)24-9-16(23)15-8-13(3)22(14(15)4)18-19-10-20-21-18/h5-8,10H,9H2,1-4H3,(H,19,20,21).